The van der Waals surface area contributed by atoms with Gasteiger partial charge in [-0.3, -0.25) is 28.6 Å². The third-order valence-electron chi connectivity index (χ3n) is 13.0. The van der Waals surface area contributed by atoms with Gasteiger partial charge in [0.1, 0.15) is 20.4 Å². The Kier molecular flexibility index (Phi) is 16.8. The lowest BCUT2D eigenvalue weighted by atomic mass is 9.95. The smallest absolute Gasteiger partial charge is 0.326 e. The van der Waals surface area contributed by atoms with E-state index < -0.39 is 5.97 Å². The summed E-state index contributed by atoms with van der Waals surface area (Å²) in [4.78, 5) is 55.9. The van der Waals surface area contributed by atoms with Crippen molar-refractivity contribution in [2.24, 2.45) is 0 Å². The van der Waals surface area contributed by atoms with E-state index >= 15 is 0 Å². The quantitative estimate of drug-likeness (QED) is 0.0221. The van der Waals surface area contributed by atoms with Gasteiger partial charge in [0.2, 0.25) is 0 Å². The zero-order chi connectivity index (χ0) is 46.5. The second kappa shape index (κ2) is 23.4. The Hall–Kier alpha value is -5.56. The topological polar surface area (TPSA) is 98.2 Å². The fraction of sp³-hybridized carbons (Fsp3) is 0.364. The summed E-state index contributed by atoms with van der Waals surface area (Å²) in [5.41, 5.74) is 8.87. The van der Waals surface area contributed by atoms with Crippen LogP contribution in [-0.4, -0.2) is 57.9 Å². The van der Waals surface area contributed by atoms with Gasteiger partial charge in [-0.2, -0.15) is 0 Å². The predicted molar refractivity (Wildman–Crippen MR) is 277 cm³/mol. The van der Waals surface area contributed by atoms with Crippen molar-refractivity contribution in [2.75, 3.05) is 24.7 Å². The number of rotatable bonds is 22. The summed E-state index contributed by atoms with van der Waals surface area (Å²) < 4.78 is 12.8. The maximum Gasteiger partial charge on any atom is 0.326 e. The van der Waals surface area contributed by atoms with Crippen LogP contribution in [0.1, 0.15) is 124 Å². The van der Waals surface area contributed by atoms with Gasteiger partial charge in [-0.25, -0.2) is 0 Å². The second-order valence-corrected chi connectivity index (χ2v) is 20.1. The minimum atomic E-state index is -0.531. The van der Waals surface area contributed by atoms with E-state index in [0.717, 1.165) is 81.0 Å². The van der Waals surface area contributed by atoms with Gasteiger partial charge in [0.15, 0.2) is 0 Å². The van der Waals surface area contributed by atoms with Gasteiger partial charge in [-0.15, -0.1) is 11.3 Å². The molecule has 2 fully saturated rings. The molecule has 5 aromatic rings. The van der Waals surface area contributed by atoms with Crippen molar-refractivity contribution >= 4 is 92.0 Å². The molecular formula is C55H59N3O6S3. The van der Waals surface area contributed by atoms with Crippen LogP contribution in [0.3, 0.4) is 0 Å². The van der Waals surface area contributed by atoms with Crippen LogP contribution in [-0.2, 0) is 30.4 Å². The maximum absolute atomic E-state index is 14.2. The summed E-state index contributed by atoms with van der Waals surface area (Å²) in [7, 11) is 0. The Bertz CT molecular complexity index is 2710. The number of hydrogen-bond acceptors (Lipinski definition) is 10. The van der Waals surface area contributed by atoms with Crippen LogP contribution in [0, 0.1) is 0 Å². The van der Waals surface area contributed by atoms with Crippen LogP contribution in [0.25, 0.3) is 22.6 Å². The van der Waals surface area contributed by atoms with Crippen molar-refractivity contribution in [3.8, 4) is 0 Å². The first-order valence-corrected chi connectivity index (χ1v) is 25.9. The molecule has 1 aromatic heterocycles. The molecule has 0 spiro atoms. The van der Waals surface area contributed by atoms with Crippen molar-refractivity contribution < 1.29 is 23.9 Å². The monoisotopic (exact) mass is 953 g/mol. The first-order chi connectivity index (χ1) is 32.8. The standard InChI is InChI=1S/C55H59N3O6S3/c1-2-64-50(60)37-57-52(61)49(66-54(57)51-53(62)56(55(65)67-51)32-17-9-7-5-3-4-6-8-10-18-33-63-38-59)36-40-28-31-48-46(35-40)44-24-19-25-47(44)58(48)43-29-26-39(27-30-43)34-45(41-20-13-11-14-21-41)42-22-15-12-16-23-42/h11-16,20-23,26-31,34-36,38,44,47H,2-10,17-19,24-25,32-33,37H2,1H3/b49-36+,54-51+. The van der Waals surface area contributed by atoms with Crippen molar-refractivity contribution in [1.29, 1.82) is 0 Å². The van der Waals surface area contributed by atoms with E-state index in [4.69, 9.17) is 21.7 Å². The second-order valence-electron chi connectivity index (χ2n) is 17.4. The van der Waals surface area contributed by atoms with E-state index in [1.807, 2.05) is 18.2 Å². The predicted octanol–water partition coefficient (Wildman–Crippen LogP) is 10.7. The lowest BCUT2D eigenvalue weighted by Crippen LogP contribution is -2.36. The molecule has 2 aliphatic heterocycles. The van der Waals surface area contributed by atoms with E-state index in [9.17, 15) is 19.2 Å². The van der Waals surface area contributed by atoms with Crippen LogP contribution in [0.15, 0.2) is 108 Å². The average molecular weight is 954 g/mol. The van der Waals surface area contributed by atoms with Crippen LogP contribution >= 0.6 is 35.3 Å². The highest BCUT2D eigenvalue weighted by Crippen LogP contribution is 2.52. The molecule has 0 bridgehead atoms. The highest BCUT2D eigenvalue weighted by atomic mass is 32.2. The van der Waals surface area contributed by atoms with Gasteiger partial charge < -0.3 is 14.4 Å². The number of esters is 1. The lowest BCUT2D eigenvalue weighted by Gasteiger charge is -2.27. The summed E-state index contributed by atoms with van der Waals surface area (Å²) in [5.74, 6) is -0.380. The number of fused-ring (bicyclic) bond motifs is 3. The maximum atomic E-state index is 14.2. The fourth-order valence-corrected chi connectivity index (χ4v) is 12.3. The molecule has 1 saturated heterocycles. The number of carbonyl (C=O) groups excluding carboxylic acids is 3. The van der Waals surface area contributed by atoms with E-state index in [-0.39, 0.29) is 24.6 Å². The van der Waals surface area contributed by atoms with Gasteiger partial charge >= 0.3 is 5.97 Å². The van der Waals surface area contributed by atoms with Gasteiger partial charge in [0.25, 0.3) is 17.9 Å². The van der Waals surface area contributed by atoms with E-state index in [0.29, 0.717) is 50.0 Å². The number of aromatic nitrogens is 1. The minimum Gasteiger partial charge on any atom is -0.468 e. The SMILES string of the molecule is CCOC(=O)Cn1c(=O)/c(=C\c2ccc3c(c2)C2CCCC2N3c2ccc(C=C(c3ccccc3)c3ccccc3)cc2)s/c1=C1/SC(=S)N(CCCCCCCCCCCCOC=O)C1=O. The number of ether oxygens (including phenoxy) is 2. The molecule has 0 radical (unpaired) electrons. The number of thiazole rings is 1. The number of carbonyl (C=O) groups is 3. The van der Waals surface area contributed by atoms with Crippen molar-refractivity contribution in [3.05, 3.63) is 150 Å². The summed E-state index contributed by atoms with van der Waals surface area (Å²) in [5, 5.41) is 0. The molecule has 1 saturated carbocycles. The molecule has 2 unspecified atom stereocenters. The minimum absolute atomic E-state index is 0.187. The molecule has 4 aromatic carbocycles. The highest BCUT2D eigenvalue weighted by Gasteiger charge is 2.42. The molecule has 67 heavy (non-hydrogen) atoms. The third-order valence-corrected chi connectivity index (χ3v) is 15.7. The summed E-state index contributed by atoms with van der Waals surface area (Å²) in [6.45, 7) is 3.16. The largest absolute Gasteiger partial charge is 0.468 e. The van der Waals surface area contributed by atoms with Gasteiger partial charge in [-0.1, -0.05) is 161 Å². The molecular weight excluding hydrogens is 895 g/mol. The summed E-state index contributed by atoms with van der Waals surface area (Å²) in [6.07, 6.45) is 18.3. The molecule has 2 atom stereocenters. The summed E-state index contributed by atoms with van der Waals surface area (Å²) >= 11 is 8.16. The number of nitrogens with zero attached hydrogens (tertiary/aromatic N) is 3. The van der Waals surface area contributed by atoms with E-state index in [2.05, 4.69) is 102 Å². The van der Waals surface area contributed by atoms with Crippen LogP contribution in [0.5, 0.6) is 0 Å². The number of unbranched alkanes of at least 4 members (excludes halogenated alkanes) is 9. The van der Waals surface area contributed by atoms with Crippen LogP contribution in [0.2, 0.25) is 0 Å². The first kappa shape index (κ1) is 47.9. The van der Waals surface area contributed by atoms with E-state index in [1.54, 1.807) is 11.8 Å². The number of amides is 1. The zero-order valence-electron chi connectivity index (χ0n) is 38.2. The van der Waals surface area contributed by atoms with Crippen LogP contribution < -0.4 is 19.7 Å². The normalized spacial score (nSPS) is 17.5. The number of anilines is 2. The lowest BCUT2D eigenvalue weighted by molar-refractivity contribution is -0.144. The average Bonchev–Trinajstić information content (AvgIpc) is 4.09. The molecule has 3 aliphatic rings. The highest BCUT2D eigenvalue weighted by molar-refractivity contribution is 8.30. The van der Waals surface area contributed by atoms with Gasteiger partial charge in [0, 0.05) is 29.9 Å². The van der Waals surface area contributed by atoms with Crippen LogP contribution in [0.4, 0.5) is 11.4 Å². The molecule has 1 amide bonds. The Morgan fingerprint density at radius 2 is 1.43 bits per heavy atom. The third kappa shape index (κ3) is 11.6. The molecule has 12 heteroatoms. The Labute approximate surface area is 407 Å². The van der Waals surface area contributed by atoms with E-state index in [1.165, 1.54) is 74.9 Å². The number of thiocarbonyl (C=S) groups is 1. The molecule has 9 nitrogen and oxygen atoms in total. The number of benzene rings is 4. The van der Waals surface area contributed by atoms with Crippen molar-refractivity contribution in [2.45, 2.75) is 109 Å². The van der Waals surface area contributed by atoms with Gasteiger partial charge in [0.05, 0.1) is 17.7 Å². The number of hydrogen-bond donors (Lipinski definition) is 0. The molecule has 8 rings (SSSR count). The van der Waals surface area contributed by atoms with Crippen molar-refractivity contribution in [1.82, 2.24) is 9.47 Å². The zero-order valence-corrected chi connectivity index (χ0v) is 40.7. The Balaban J connectivity index is 0.993. The molecule has 1 aliphatic carbocycles. The number of thioether (sulfide) groups is 1. The first-order valence-electron chi connectivity index (χ1n) is 23.9. The Morgan fingerprint density at radius 1 is 0.791 bits per heavy atom. The fourth-order valence-electron chi connectivity index (χ4n) is 9.72. The molecule has 348 valence electrons. The van der Waals surface area contributed by atoms with Crippen molar-refractivity contribution in [3.63, 3.8) is 0 Å². The summed E-state index contributed by atoms with van der Waals surface area (Å²) in [6, 6.07) is 36.8. The Morgan fingerprint density at radius 3 is 2.09 bits per heavy atom. The molecule has 0 N–H and O–H groups in total. The van der Waals surface area contributed by atoms with Gasteiger partial charge in [-0.05, 0) is 102 Å². The molecule has 3 heterocycles.